The fourth-order valence-electron chi connectivity index (χ4n) is 2.24. The summed E-state index contributed by atoms with van der Waals surface area (Å²) in [6.07, 6.45) is 0. The Morgan fingerprint density at radius 3 is 2.82 bits per heavy atom. The molecule has 0 fully saturated rings. The number of aryl methyl sites for hydroxylation is 1. The summed E-state index contributed by atoms with van der Waals surface area (Å²) >= 11 is 0. The number of amides is 1. The quantitative estimate of drug-likeness (QED) is 0.726. The van der Waals surface area contributed by atoms with Crippen LogP contribution in [0.15, 0.2) is 51.7 Å². The molecule has 2 N–H and O–H groups in total. The molecule has 1 heterocycles. The monoisotopic (exact) mass is 298 g/mol. The summed E-state index contributed by atoms with van der Waals surface area (Å²) in [7, 11) is 0. The van der Waals surface area contributed by atoms with Crippen molar-refractivity contribution in [3.8, 4) is 5.75 Å². The van der Waals surface area contributed by atoms with E-state index in [1.807, 2.05) is 6.92 Å². The van der Waals surface area contributed by atoms with Crippen molar-refractivity contribution in [2.24, 2.45) is 0 Å². The normalized spacial score (nSPS) is 10.8. The zero-order valence-electron chi connectivity index (χ0n) is 11.9. The molecule has 0 saturated carbocycles. The topological polar surface area (TPSA) is 84.5 Å². The Morgan fingerprint density at radius 1 is 1.27 bits per heavy atom. The molecule has 0 bridgehead atoms. The van der Waals surface area contributed by atoms with Crippen LogP contribution in [0, 0.1) is 6.92 Å². The number of nitrogens with one attached hydrogen (secondary N) is 1. The lowest BCUT2D eigenvalue weighted by Gasteiger charge is -2.08. The maximum atomic E-state index is 12.1. The standard InChI is InChI=1S/C16H14N2O4/c1-10-6-7-11(13(19)8-10)17-15(20)9-18-12-4-2-3-5-14(12)22-16(18)21/h2-8,19H,9H2,1H3,(H,17,20). The summed E-state index contributed by atoms with van der Waals surface area (Å²) in [6.45, 7) is 1.64. The molecule has 6 heteroatoms. The maximum Gasteiger partial charge on any atom is 0.420 e. The highest BCUT2D eigenvalue weighted by Crippen LogP contribution is 2.23. The van der Waals surface area contributed by atoms with E-state index < -0.39 is 11.7 Å². The van der Waals surface area contributed by atoms with E-state index >= 15 is 0 Å². The average molecular weight is 298 g/mol. The Kier molecular flexibility index (Phi) is 3.42. The molecular formula is C16H14N2O4. The van der Waals surface area contributed by atoms with E-state index in [2.05, 4.69) is 5.32 Å². The molecule has 0 aliphatic rings. The largest absolute Gasteiger partial charge is 0.506 e. The van der Waals surface area contributed by atoms with Gasteiger partial charge < -0.3 is 14.8 Å². The van der Waals surface area contributed by atoms with Gasteiger partial charge in [0.05, 0.1) is 11.2 Å². The molecule has 2 aromatic carbocycles. The summed E-state index contributed by atoms with van der Waals surface area (Å²) in [4.78, 5) is 23.9. The summed E-state index contributed by atoms with van der Waals surface area (Å²) in [5.41, 5.74) is 2.17. The number of aromatic nitrogens is 1. The second-order valence-electron chi connectivity index (χ2n) is 4.99. The van der Waals surface area contributed by atoms with E-state index in [0.29, 0.717) is 16.8 Å². The Hall–Kier alpha value is -3.02. The van der Waals surface area contributed by atoms with Crippen molar-refractivity contribution < 1.29 is 14.3 Å². The zero-order valence-corrected chi connectivity index (χ0v) is 11.9. The van der Waals surface area contributed by atoms with E-state index in [1.54, 1.807) is 42.5 Å². The Bertz CT molecular complexity index is 908. The number of phenols is 1. The number of oxazole rings is 1. The van der Waals surface area contributed by atoms with Gasteiger partial charge in [-0.05, 0) is 36.8 Å². The fourth-order valence-corrected chi connectivity index (χ4v) is 2.24. The number of aromatic hydroxyl groups is 1. The van der Waals surface area contributed by atoms with Gasteiger partial charge in [0.1, 0.15) is 12.3 Å². The van der Waals surface area contributed by atoms with Crippen LogP contribution in [-0.2, 0) is 11.3 Å². The number of anilines is 1. The van der Waals surface area contributed by atoms with Gasteiger partial charge in [0.25, 0.3) is 0 Å². The minimum atomic E-state index is -0.593. The van der Waals surface area contributed by atoms with E-state index in [9.17, 15) is 14.7 Å². The first-order valence-corrected chi connectivity index (χ1v) is 6.72. The van der Waals surface area contributed by atoms with Crippen LogP contribution in [0.25, 0.3) is 11.1 Å². The summed E-state index contributed by atoms with van der Waals surface area (Å²) in [5.74, 6) is -1.03. The summed E-state index contributed by atoms with van der Waals surface area (Å²) in [6, 6.07) is 11.8. The summed E-state index contributed by atoms with van der Waals surface area (Å²) < 4.78 is 6.31. The minimum absolute atomic E-state index is 0.0160. The molecule has 0 unspecified atom stereocenters. The van der Waals surface area contributed by atoms with Gasteiger partial charge >= 0.3 is 5.76 Å². The van der Waals surface area contributed by atoms with Crippen molar-refractivity contribution in [1.82, 2.24) is 4.57 Å². The molecule has 6 nitrogen and oxygen atoms in total. The fraction of sp³-hybridized carbons (Fsp3) is 0.125. The van der Waals surface area contributed by atoms with Crippen LogP contribution in [0.2, 0.25) is 0 Å². The molecule has 1 amide bonds. The van der Waals surface area contributed by atoms with E-state index in [4.69, 9.17) is 4.42 Å². The third-order valence-corrected chi connectivity index (χ3v) is 3.30. The van der Waals surface area contributed by atoms with E-state index in [0.717, 1.165) is 5.56 Å². The van der Waals surface area contributed by atoms with Gasteiger partial charge in [-0.25, -0.2) is 4.79 Å². The number of carbonyl (C=O) groups is 1. The van der Waals surface area contributed by atoms with Gasteiger partial charge in [-0.3, -0.25) is 9.36 Å². The van der Waals surface area contributed by atoms with Crippen LogP contribution in [0.3, 0.4) is 0 Å². The molecule has 1 aromatic heterocycles. The molecule has 112 valence electrons. The summed E-state index contributed by atoms with van der Waals surface area (Å²) in [5, 5.41) is 12.4. The predicted octanol–water partition coefficient (Wildman–Crippen LogP) is 2.25. The number of phenolic OH excluding ortho intramolecular Hbond substituents is 1. The lowest BCUT2D eigenvalue weighted by atomic mass is 10.2. The van der Waals surface area contributed by atoms with Crippen molar-refractivity contribution >= 4 is 22.7 Å². The first-order valence-electron chi connectivity index (χ1n) is 6.72. The van der Waals surface area contributed by atoms with Gasteiger partial charge in [0.2, 0.25) is 5.91 Å². The maximum absolute atomic E-state index is 12.1. The zero-order chi connectivity index (χ0) is 15.7. The van der Waals surface area contributed by atoms with Crippen molar-refractivity contribution in [3.05, 3.63) is 58.6 Å². The number of hydrogen-bond acceptors (Lipinski definition) is 4. The second kappa shape index (κ2) is 5.40. The molecule has 0 spiro atoms. The third kappa shape index (κ3) is 2.58. The number of nitrogens with zero attached hydrogens (tertiary/aromatic N) is 1. The Labute approximate surface area is 125 Å². The molecule has 22 heavy (non-hydrogen) atoms. The Morgan fingerprint density at radius 2 is 2.05 bits per heavy atom. The highest BCUT2D eigenvalue weighted by molar-refractivity contribution is 5.92. The lowest BCUT2D eigenvalue weighted by Crippen LogP contribution is -2.24. The van der Waals surface area contributed by atoms with Crippen LogP contribution in [0.4, 0.5) is 5.69 Å². The molecule has 0 saturated heterocycles. The van der Waals surface area contributed by atoms with Gasteiger partial charge in [-0.15, -0.1) is 0 Å². The van der Waals surface area contributed by atoms with Crippen LogP contribution in [0.1, 0.15) is 5.56 Å². The van der Waals surface area contributed by atoms with Crippen LogP contribution >= 0.6 is 0 Å². The third-order valence-electron chi connectivity index (χ3n) is 3.30. The number of benzene rings is 2. The lowest BCUT2D eigenvalue weighted by molar-refractivity contribution is -0.116. The predicted molar refractivity (Wildman–Crippen MR) is 81.9 cm³/mol. The van der Waals surface area contributed by atoms with Crippen LogP contribution < -0.4 is 11.1 Å². The van der Waals surface area contributed by atoms with Gasteiger partial charge in [0.15, 0.2) is 5.58 Å². The molecule has 0 aliphatic heterocycles. The second-order valence-corrected chi connectivity index (χ2v) is 4.99. The average Bonchev–Trinajstić information content (AvgIpc) is 2.78. The first kappa shape index (κ1) is 13.9. The van der Waals surface area contributed by atoms with Gasteiger partial charge in [0, 0.05) is 0 Å². The van der Waals surface area contributed by atoms with Crippen molar-refractivity contribution in [3.63, 3.8) is 0 Å². The van der Waals surface area contributed by atoms with Crippen LogP contribution in [0.5, 0.6) is 5.75 Å². The van der Waals surface area contributed by atoms with Gasteiger partial charge in [-0.1, -0.05) is 18.2 Å². The van der Waals surface area contributed by atoms with Gasteiger partial charge in [-0.2, -0.15) is 0 Å². The van der Waals surface area contributed by atoms with E-state index in [-0.39, 0.29) is 12.3 Å². The Balaban J connectivity index is 1.84. The molecule has 0 atom stereocenters. The van der Waals surface area contributed by atoms with Crippen molar-refractivity contribution in [2.75, 3.05) is 5.32 Å². The number of fused-ring (bicyclic) bond motifs is 1. The number of hydrogen-bond donors (Lipinski definition) is 2. The SMILES string of the molecule is Cc1ccc(NC(=O)Cn2c(=O)oc3ccccc32)c(O)c1. The van der Waals surface area contributed by atoms with Crippen LogP contribution in [-0.4, -0.2) is 15.6 Å². The first-order chi connectivity index (χ1) is 10.5. The smallest absolute Gasteiger partial charge is 0.420 e. The highest BCUT2D eigenvalue weighted by Gasteiger charge is 2.13. The number of carbonyl (C=O) groups excluding carboxylic acids is 1. The highest BCUT2D eigenvalue weighted by atomic mass is 16.4. The number of para-hydroxylation sites is 2. The minimum Gasteiger partial charge on any atom is -0.506 e. The molecule has 0 radical (unpaired) electrons. The van der Waals surface area contributed by atoms with E-state index in [1.165, 1.54) is 4.57 Å². The molecule has 3 aromatic rings. The number of rotatable bonds is 3. The molecular weight excluding hydrogens is 284 g/mol. The van der Waals surface area contributed by atoms with Crippen molar-refractivity contribution in [2.45, 2.75) is 13.5 Å². The van der Waals surface area contributed by atoms with Crippen molar-refractivity contribution in [1.29, 1.82) is 0 Å². The molecule has 0 aliphatic carbocycles. The molecule has 3 rings (SSSR count).